The molecule has 5 N–H and O–H groups in total. The van der Waals surface area contributed by atoms with Gasteiger partial charge in [-0.2, -0.15) is 10.6 Å². The minimum absolute atomic E-state index is 0.141. The molecule has 0 aromatic heterocycles. The predicted molar refractivity (Wildman–Crippen MR) is 189 cm³/mol. The third kappa shape index (κ3) is 7.51. The summed E-state index contributed by atoms with van der Waals surface area (Å²) in [5, 5.41) is 1.56. The Morgan fingerprint density at radius 3 is 2.33 bits per heavy atom. The van der Waals surface area contributed by atoms with E-state index in [0.29, 0.717) is 42.4 Å². The number of nitrogens with one attached hydrogen (secondary N) is 1. The Morgan fingerprint density at radius 2 is 1.65 bits per heavy atom. The van der Waals surface area contributed by atoms with Crippen LogP contribution in [0.1, 0.15) is 52.7 Å². The van der Waals surface area contributed by atoms with Crippen LogP contribution in [0.5, 0.6) is 17.2 Å². The smallest absolute Gasteiger partial charge is 0.254 e. The molecule has 1 heterocycles. The molecule has 258 valence electrons. The van der Waals surface area contributed by atoms with Crippen molar-refractivity contribution >= 4 is 34.0 Å². The lowest BCUT2D eigenvalue weighted by atomic mass is 10.0. The summed E-state index contributed by atoms with van der Waals surface area (Å²) < 4.78 is 38.9. The van der Waals surface area contributed by atoms with Gasteiger partial charge in [0.25, 0.3) is 5.91 Å². The van der Waals surface area contributed by atoms with Crippen LogP contribution in [0.25, 0.3) is 0 Å². The summed E-state index contributed by atoms with van der Waals surface area (Å²) in [4.78, 5) is 40.9. The number of primary amides is 1. The number of rotatable bonds is 14. The molecule has 11 nitrogen and oxygen atoms in total. The third-order valence-corrected chi connectivity index (χ3v) is 11.2. The molecule has 0 unspecified atom stereocenters. The Morgan fingerprint density at radius 1 is 0.918 bits per heavy atom. The van der Waals surface area contributed by atoms with Gasteiger partial charge in [-0.3, -0.25) is 28.4 Å². The number of hydrogen-bond donors (Lipinski definition) is 4. The minimum atomic E-state index is -3.89. The van der Waals surface area contributed by atoms with Crippen molar-refractivity contribution in [1.29, 1.82) is 0 Å². The van der Waals surface area contributed by atoms with E-state index in [2.05, 4.69) is 5.32 Å². The summed E-state index contributed by atoms with van der Waals surface area (Å²) in [6, 6.07) is 27.9. The maximum Gasteiger partial charge on any atom is 0.254 e. The number of hydrogen-bond acceptors (Lipinski definition) is 8. The van der Waals surface area contributed by atoms with E-state index in [1.54, 1.807) is 49.6 Å². The average Bonchev–Trinajstić information content (AvgIpc) is 3.25. The third-order valence-electron chi connectivity index (χ3n) is 8.46. The second kappa shape index (κ2) is 15.0. The minimum Gasteiger partial charge on any atom is -0.493 e. The Bertz CT molecular complexity index is 1800. The quantitative estimate of drug-likeness (QED) is 0.124. The number of amides is 3. The van der Waals surface area contributed by atoms with Gasteiger partial charge in [0.1, 0.15) is 17.1 Å². The van der Waals surface area contributed by atoms with Crippen molar-refractivity contribution in [3.63, 3.8) is 0 Å². The summed E-state index contributed by atoms with van der Waals surface area (Å²) >= 11 is 0. The first-order chi connectivity index (χ1) is 23.5. The van der Waals surface area contributed by atoms with E-state index in [9.17, 15) is 23.5 Å². The van der Waals surface area contributed by atoms with Crippen LogP contribution in [0.2, 0.25) is 0 Å². The van der Waals surface area contributed by atoms with Crippen molar-refractivity contribution in [2.24, 2.45) is 5.73 Å². The SMILES string of the molecule is CCOc1cc(CCNC(=O)C[C@]2(C)C(=O)N(c3cccc(C(N)=O)c3)[C@H](c3ccc(OCc4ccccc4)cc3)S2(O)O)ccc1OC. The molecule has 0 spiro atoms. The number of nitrogens with zero attached hydrogens (tertiary/aromatic N) is 1. The maximum absolute atomic E-state index is 14.3. The topological polar surface area (TPSA) is 161 Å². The van der Waals surface area contributed by atoms with E-state index in [1.807, 2.05) is 49.4 Å². The van der Waals surface area contributed by atoms with Crippen LogP contribution in [-0.4, -0.2) is 51.8 Å². The molecule has 5 rings (SSSR count). The van der Waals surface area contributed by atoms with Crippen LogP contribution in [0.15, 0.2) is 97.1 Å². The number of nitrogens with two attached hydrogens (primary N) is 1. The summed E-state index contributed by atoms with van der Waals surface area (Å²) in [5.74, 6) is -0.163. The highest BCUT2D eigenvalue weighted by molar-refractivity contribution is 8.26. The molecule has 1 saturated heterocycles. The van der Waals surface area contributed by atoms with Crippen LogP contribution < -0.4 is 30.2 Å². The fraction of sp³-hybridized carbons (Fsp3) is 0.270. The Kier molecular flexibility index (Phi) is 10.8. The molecule has 0 saturated carbocycles. The van der Waals surface area contributed by atoms with Crippen molar-refractivity contribution in [3.05, 3.63) is 119 Å². The zero-order valence-corrected chi connectivity index (χ0v) is 28.4. The molecule has 12 heteroatoms. The lowest BCUT2D eigenvalue weighted by Crippen LogP contribution is -2.44. The monoisotopic (exact) mass is 687 g/mol. The van der Waals surface area contributed by atoms with Crippen molar-refractivity contribution in [3.8, 4) is 17.2 Å². The zero-order valence-electron chi connectivity index (χ0n) is 27.6. The molecule has 3 amide bonds. The largest absolute Gasteiger partial charge is 0.493 e. The first-order valence-corrected chi connectivity index (χ1v) is 17.4. The summed E-state index contributed by atoms with van der Waals surface area (Å²) in [5.41, 5.74) is 8.21. The van der Waals surface area contributed by atoms with Crippen molar-refractivity contribution in [1.82, 2.24) is 5.32 Å². The van der Waals surface area contributed by atoms with Gasteiger partial charge in [-0.15, -0.1) is 0 Å². The van der Waals surface area contributed by atoms with E-state index in [1.165, 1.54) is 24.0 Å². The Balaban J connectivity index is 1.38. The standard InChI is InChI=1S/C37H41N3O8S/c1-4-47-32-21-25(13-18-31(32)46-3)19-20-39-33(41)23-37(2)36(43)40(29-12-8-11-28(22-29)34(38)42)35(49(37,44)45)27-14-16-30(17-15-27)48-24-26-9-6-5-7-10-26/h5-18,21-22,35,44-45H,4,19-20,23-24H2,1-3H3,(H2,38,42)(H,39,41)/t35-,37+/m0/s1. The Labute approximate surface area is 287 Å². The molecule has 1 aliphatic heterocycles. The fourth-order valence-corrected chi connectivity index (χ4v) is 8.03. The Hall–Kier alpha value is -5.04. The number of methoxy groups -OCH3 is 1. The van der Waals surface area contributed by atoms with Gasteiger partial charge in [-0.05, 0) is 79.4 Å². The van der Waals surface area contributed by atoms with E-state index in [4.69, 9.17) is 19.9 Å². The first-order valence-electron chi connectivity index (χ1n) is 15.8. The van der Waals surface area contributed by atoms with Gasteiger partial charge in [0.05, 0.1) is 20.1 Å². The molecule has 0 radical (unpaired) electrons. The summed E-state index contributed by atoms with van der Waals surface area (Å²) in [6.45, 7) is 4.30. The van der Waals surface area contributed by atoms with Crippen LogP contribution >= 0.6 is 10.6 Å². The van der Waals surface area contributed by atoms with Gasteiger partial charge < -0.3 is 25.3 Å². The number of benzene rings is 4. The van der Waals surface area contributed by atoms with E-state index in [-0.39, 0.29) is 17.8 Å². The van der Waals surface area contributed by atoms with Gasteiger partial charge in [-0.1, -0.05) is 54.6 Å². The van der Waals surface area contributed by atoms with E-state index >= 15 is 0 Å². The molecule has 49 heavy (non-hydrogen) atoms. The summed E-state index contributed by atoms with van der Waals surface area (Å²) in [6.07, 6.45) is -0.0220. The van der Waals surface area contributed by atoms with Gasteiger partial charge in [0.2, 0.25) is 11.8 Å². The zero-order chi connectivity index (χ0) is 35.2. The number of anilines is 1. The molecular weight excluding hydrogens is 646 g/mol. The van der Waals surface area contributed by atoms with Crippen LogP contribution in [0.3, 0.4) is 0 Å². The number of carbonyl (C=O) groups excluding carboxylic acids is 3. The molecule has 4 aromatic rings. The molecule has 1 aliphatic rings. The molecular formula is C37H41N3O8S. The van der Waals surface area contributed by atoms with Crippen molar-refractivity contribution in [2.45, 2.75) is 43.4 Å². The van der Waals surface area contributed by atoms with Gasteiger partial charge in [0.15, 0.2) is 16.9 Å². The fourth-order valence-electron chi connectivity index (χ4n) is 5.80. The molecule has 1 fully saturated rings. The number of ether oxygens (including phenoxy) is 3. The second-order valence-corrected chi connectivity index (χ2v) is 14.3. The highest BCUT2D eigenvalue weighted by Crippen LogP contribution is 2.71. The van der Waals surface area contributed by atoms with Crippen molar-refractivity contribution in [2.75, 3.05) is 25.2 Å². The highest BCUT2D eigenvalue weighted by atomic mass is 32.3. The average molecular weight is 688 g/mol. The van der Waals surface area contributed by atoms with Gasteiger partial charge >= 0.3 is 0 Å². The van der Waals surface area contributed by atoms with Crippen LogP contribution in [-0.2, 0) is 22.6 Å². The van der Waals surface area contributed by atoms with Gasteiger partial charge in [0, 0.05) is 17.8 Å². The second-order valence-electron chi connectivity index (χ2n) is 11.8. The maximum atomic E-state index is 14.3. The van der Waals surface area contributed by atoms with E-state index < -0.39 is 44.9 Å². The molecule has 0 aliphatic carbocycles. The van der Waals surface area contributed by atoms with Crippen LogP contribution in [0, 0.1) is 0 Å². The summed E-state index contributed by atoms with van der Waals surface area (Å²) in [7, 11) is -2.33. The van der Waals surface area contributed by atoms with Crippen molar-refractivity contribution < 1.29 is 37.7 Å². The lowest BCUT2D eigenvalue weighted by Gasteiger charge is -2.44. The number of carbonyl (C=O) groups is 3. The first kappa shape index (κ1) is 35.3. The molecule has 0 bridgehead atoms. The highest BCUT2D eigenvalue weighted by Gasteiger charge is 2.62. The normalized spacial score (nSPS) is 18.8. The molecule has 4 aromatic carbocycles. The molecule has 2 atom stereocenters. The lowest BCUT2D eigenvalue weighted by molar-refractivity contribution is -0.126. The van der Waals surface area contributed by atoms with Gasteiger partial charge in [-0.25, -0.2) is 0 Å². The van der Waals surface area contributed by atoms with Crippen LogP contribution in [0.4, 0.5) is 5.69 Å². The van der Waals surface area contributed by atoms with E-state index in [0.717, 1.165) is 11.1 Å². The predicted octanol–water partition coefficient (Wildman–Crippen LogP) is 6.08.